The number of rotatable bonds is 5. The third-order valence-corrected chi connectivity index (χ3v) is 16.6. The Morgan fingerprint density at radius 2 is 1.41 bits per heavy atom. The lowest BCUT2D eigenvalue weighted by Crippen LogP contribution is -2.57. The van der Waals surface area contributed by atoms with Gasteiger partial charge in [-0.3, -0.25) is 4.79 Å². The average Bonchev–Trinajstić information content (AvgIpc) is 3.00. The number of esters is 1. The standard InChI is InChI=1S/C22H44O5Si2/c1-16(23)24-19-15-18(27-29(10,11)21(5,6)7)22(25-19)14-12-13-17(22)26-28(8,9)20(2,3)4/h17-19H,12-15H2,1-11H3/t17-,18+,19?,22+/m0/s1. The fraction of sp³-hybridized carbons (Fsp3) is 0.955. The Morgan fingerprint density at radius 1 is 0.931 bits per heavy atom. The molecule has 1 heterocycles. The maximum Gasteiger partial charge on any atom is 0.304 e. The highest BCUT2D eigenvalue weighted by molar-refractivity contribution is 6.74. The van der Waals surface area contributed by atoms with E-state index < -0.39 is 28.5 Å². The van der Waals surface area contributed by atoms with Gasteiger partial charge in [0.05, 0.1) is 12.2 Å². The van der Waals surface area contributed by atoms with Crippen LogP contribution in [0.3, 0.4) is 0 Å². The second-order valence-electron chi connectivity index (χ2n) is 12.0. The minimum absolute atomic E-state index is 0.0151. The lowest BCUT2D eigenvalue weighted by atomic mass is 9.93. The molecule has 0 radical (unpaired) electrons. The minimum atomic E-state index is -2.02. The molecule has 4 atom stereocenters. The summed E-state index contributed by atoms with van der Waals surface area (Å²) in [4.78, 5) is 11.6. The zero-order valence-electron chi connectivity index (χ0n) is 20.6. The van der Waals surface area contributed by atoms with E-state index in [0.717, 1.165) is 19.3 Å². The van der Waals surface area contributed by atoms with Crippen LogP contribution < -0.4 is 0 Å². The van der Waals surface area contributed by atoms with Crippen molar-refractivity contribution in [1.29, 1.82) is 0 Å². The maximum atomic E-state index is 11.6. The summed E-state index contributed by atoms with van der Waals surface area (Å²) >= 11 is 0. The van der Waals surface area contributed by atoms with Crippen molar-refractivity contribution in [3.63, 3.8) is 0 Å². The second-order valence-corrected chi connectivity index (χ2v) is 21.5. The van der Waals surface area contributed by atoms with E-state index in [2.05, 4.69) is 67.7 Å². The van der Waals surface area contributed by atoms with E-state index in [-0.39, 0.29) is 28.3 Å². The first-order chi connectivity index (χ1) is 12.9. The minimum Gasteiger partial charge on any atom is -0.436 e. The molecule has 0 aromatic carbocycles. The predicted molar refractivity (Wildman–Crippen MR) is 122 cm³/mol. The van der Waals surface area contributed by atoms with Crippen molar-refractivity contribution in [3.05, 3.63) is 0 Å². The fourth-order valence-electron chi connectivity index (χ4n) is 3.84. The van der Waals surface area contributed by atoms with Gasteiger partial charge >= 0.3 is 5.97 Å². The van der Waals surface area contributed by atoms with Gasteiger partial charge in [0, 0.05) is 13.3 Å². The SMILES string of the molecule is CC(=O)OC1C[C@@H](O[Si](C)(C)C(C)(C)C)[C@]2(CCC[C@@H]2O[Si](C)(C)C(C)(C)C)O1. The van der Waals surface area contributed by atoms with E-state index in [4.69, 9.17) is 18.3 Å². The Labute approximate surface area is 180 Å². The number of carbonyl (C=O) groups is 1. The van der Waals surface area contributed by atoms with Crippen LogP contribution in [0.25, 0.3) is 0 Å². The number of carbonyl (C=O) groups excluding carboxylic acids is 1. The van der Waals surface area contributed by atoms with Crippen LogP contribution in [0.4, 0.5) is 0 Å². The van der Waals surface area contributed by atoms with Gasteiger partial charge in [0.2, 0.25) is 6.29 Å². The molecular weight excluding hydrogens is 400 g/mol. The van der Waals surface area contributed by atoms with E-state index in [1.807, 2.05) is 0 Å². The molecule has 1 spiro atoms. The van der Waals surface area contributed by atoms with Gasteiger partial charge < -0.3 is 18.3 Å². The van der Waals surface area contributed by atoms with Crippen molar-refractivity contribution in [2.24, 2.45) is 0 Å². The zero-order valence-corrected chi connectivity index (χ0v) is 22.6. The van der Waals surface area contributed by atoms with Gasteiger partial charge in [0.1, 0.15) is 5.60 Å². The molecule has 0 aromatic rings. The molecule has 2 fully saturated rings. The largest absolute Gasteiger partial charge is 0.436 e. The van der Waals surface area contributed by atoms with Gasteiger partial charge in [-0.25, -0.2) is 0 Å². The van der Waals surface area contributed by atoms with Crippen molar-refractivity contribution < 1.29 is 23.1 Å². The van der Waals surface area contributed by atoms with E-state index in [9.17, 15) is 4.79 Å². The smallest absolute Gasteiger partial charge is 0.304 e. The molecule has 0 N–H and O–H groups in total. The van der Waals surface area contributed by atoms with Crippen LogP contribution in [0, 0.1) is 0 Å². The summed E-state index contributed by atoms with van der Waals surface area (Å²) in [6.45, 7) is 24.1. The van der Waals surface area contributed by atoms with E-state index in [0.29, 0.717) is 6.42 Å². The van der Waals surface area contributed by atoms with Crippen LogP contribution in [0.2, 0.25) is 36.3 Å². The summed E-state index contributed by atoms with van der Waals surface area (Å²) in [5.41, 5.74) is -0.523. The summed E-state index contributed by atoms with van der Waals surface area (Å²) in [7, 11) is -4.00. The first-order valence-corrected chi connectivity index (χ1v) is 16.9. The van der Waals surface area contributed by atoms with E-state index >= 15 is 0 Å². The second kappa shape index (κ2) is 8.04. The molecule has 1 aliphatic heterocycles. The molecule has 0 aromatic heterocycles. The first kappa shape index (κ1) is 25.0. The molecule has 29 heavy (non-hydrogen) atoms. The molecule has 2 aliphatic rings. The average molecular weight is 445 g/mol. The quantitative estimate of drug-likeness (QED) is 0.384. The normalized spacial score (nSPS) is 31.5. The highest BCUT2D eigenvalue weighted by atomic mass is 28.4. The summed E-state index contributed by atoms with van der Waals surface area (Å²) in [6.07, 6.45) is 2.82. The van der Waals surface area contributed by atoms with Gasteiger partial charge in [-0.15, -0.1) is 0 Å². The van der Waals surface area contributed by atoms with Crippen LogP contribution in [0.15, 0.2) is 0 Å². The monoisotopic (exact) mass is 444 g/mol. The van der Waals surface area contributed by atoms with Crippen molar-refractivity contribution >= 4 is 22.6 Å². The topological polar surface area (TPSA) is 54.0 Å². The van der Waals surface area contributed by atoms with Gasteiger partial charge in [-0.05, 0) is 55.5 Å². The first-order valence-electron chi connectivity index (χ1n) is 11.1. The molecule has 1 unspecified atom stereocenters. The van der Waals surface area contributed by atoms with Crippen LogP contribution >= 0.6 is 0 Å². The number of ether oxygens (including phenoxy) is 2. The van der Waals surface area contributed by atoms with Crippen LogP contribution in [0.5, 0.6) is 0 Å². The Hall–Kier alpha value is -0.216. The van der Waals surface area contributed by atoms with Gasteiger partial charge in [0.15, 0.2) is 16.6 Å². The number of hydrogen-bond acceptors (Lipinski definition) is 5. The van der Waals surface area contributed by atoms with Crippen molar-refractivity contribution in [2.75, 3.05) is 0 Å². The summed E-state index contributed by atoms with van der Waals surface area (Å²) in [5, 5.41) is 0.225. The maximum absolute atomic E-state index is 11.6. The van der Waals surface area contributed by atoms with E-state index in [1.54, 1.807) is 0 Å². The lowest BCUT2D eigenvalue weighted by molar-refractivity contribution is -0.201. The molecule has 0 bridgehead atoms. The Balaban J connectivity index is 2.36. The van der Waals surface area contributed by atoms with Crippen molar-refractivity contribution in [3.8, 4) is 0 Å². The molecule has 170 valence electrons. The number of hydrogen-bond donors (Lipinski definition) is 0. The molecule has 1 saturated heterocycles. The van der Waals surface area contributed by atoms with Gasteiger partial charge in [-0.1, -0.05) is 41.5 Å². The lowest BCUT2D eigenvalue weighted by Gasteiger charge is -2.46. The van der Waals surface area contributed by atoms with Crippen LogP contribution in [-0.2, 0) is 23.1 Å². The molecule has 1 saturated carbocycles. The van der Waals surface area contributed by atoms with Crippen LogP contribution in [-0.4, -0.2) is 46.7 Å². The zero-order chi connectivity index (χ0) is 22.5. The van der Waals surface area contributed by atoms with Crippen molar-refractivity contribution in [2.45, 2.75) is 135 Å². The third-order valence-electron chi connectivity index (χ3n) is 7.66. The Bertz CT molecular complexity index is 605. The van der Waals surface area contributed by atoms with Crippen molar-refractivity contribution in [1.82, 2.24) is 0 Å². The molecular formula is C22H44O5Si2. The molecule has 2 rings (SSSR count). The highest BCUT2D eigenvalue weighted by Gasteiger charge is 2.61. The highest BCUT2D eigenvalue weighted by Crippen LogP contribution is 2.51. The molecule has 5 nitrogen and oxygen atoms in total. The van der Waals surface area contributed by atoms with E-state index in [1.165, 1.54) is 6.92 Å². The summed E-state index contributed by atoms with van der Waals surface area (Å²) < 4.78 is 25.8. The predicted octanol–water partition coefficient (Wildman–Crippen LogP) is 6.00. The molecule has 1 aliphatic carbocycles. The fourth-order valence-corrected chi connectivity index (χ4v) is 6.59. The molecule has 0 amide bonds. The summed E-state index contributed by atoms with van der Waals surface area (Å²) in [6, 6.07) is 0. The molecule has 7 heteroatoms. The Morgan fingerprint density at radius 3 is 1.86 bits per heavy atom. The summed E-state index contributed by atoms with van der Waals surface area (Å²) in [5.74, 6) is -0.307. The van der Waals surface area contributed by atoms with Gasteiger partial charge in [0.25, 0.3) is 0 Å². The third kappa shape index (κ3) is 5.17. The van der Waals surface area contributed by atoms with Crippen LogP contribution in [0.1, 0.15) is 74.1 Å². The Kier molecular flexibility index (Phi) is 6.95. The van der Waals surface area contributed by atoms with Gasteiger partial charge in [-0.2, -0.15) is 0 Å².